The normalized spacial score (nSPS) is 10.6. The Bertz CT molecular complexity index is 488. The lowest BCUT2D eigenvalue weighted by molar-refractivity contribution is 0.860. The Kier molecular flexibility index (Phi) is 2.63. The van der Waals surface area contributed by atoms with Crippen molar-refractivity contribution < 1.29 is 0 Å². The van der Waals surface area contributed by atoms with Crippen molar-refractivity contribution in [2.24, 2.45) is 0 Å². The first-order chi connectivity index (χ1) is 7.08. The van der Waals surface area contributed by atoms with Crippen LogP contribution in [-0.4, -0.2) is 9.78 Å². The van der Waals surface area contributed by atoms with Crippen LogP contribution in [0.5, 0.6) is 0 Å². The summed E-state index contributed by atoms with van der Waals surface area (Å²) < 4.78 is 1.66. The molecule has 5 heteroatoms. The van der Waals surface area contributed by atoms with E-state index in [2.05, 4.69) is 17.7 Å². The minimum absolute atomic E-state index is 0.621. The summed E-state index contributed by atoms with van der Waals surface area (Å²) in [6, 6.07) is 5.46. The molecule has 0 atom stereocenters. The molecule has 2 N–H and O–H groups in total. The van der Waals surface area contributed by atoms with Crippen LogP contribution in [0.3, 0.4) is 0 Å². The number of aromatic nitrogens is 2. The van der Waals surface area contributed by atoms with E-state index in [-0.39, 0.29) is 0 Å². The highest BCUT2D eigenvalue weighted by Crippen LogP contribution is 2.24. The minimum Gasteiger partial charge on any atom is -0.396 e. The average molecular weight is 240 g/mol. The maximum atomic E-state index is 6.06. The quantitative estimate of drug-likeness (QED) is 0.752. The summed E-state index contributed by atoms with van der Waals surface area (Å²) in [6.07, 6.45) is 1.74. The molecule has 2 rings (SSSR count). The molecule has 78 valence electrons. The van der Waals surface area contributed by atoms with Gasteiger partial charge in [-0.05, 0) is 25.1 Å². The van der Waals surface area contributed by atoms with Gasteiger partial charge in [0.05, 0.1) is 28.3 Å². The van der Waals surface area contributed by atoms with Gasteiger partial charge in [-0.15, -0.1) is 12.6 Å². The molecule has 0 spiro atoms. The Hall–Kier alpha value is -1.13. The lowest BCUT2D eigenvalue weighted by Gasteiger charge is -2.04. The Balaban J connectivity index is 2.58. The maximum Gasteiger partial charge on any atom is 0.0843 e. The van der Waals surface area contributed by atoms with Gasteiger partial charge in [0.15, 0.2) is 0 Å². The second-order valence-corrected chi connectivity index (χ2v) is 4.17. The monoisotopic (exact) mass is 239 g/mol. The van der Waals surface area contributed by atoms with E-state index in [0.29, 0.717) is 10.7 Å². The van der Waals surface area contributed by atoms with Crippen LogP contribution < -0.4 is 5.73 Å². The summed E-state index contributed by atoms with van der Waals surface area (Å²) in [6.45, 7) is 1.85. The van der Waals surface area contributed by atoms with Crippen molar-refractivity contribution in [1.29, 1.82) is 0 Å². The van der Waals surface area contributed by atoms with Gasteiger partial charge in [0.25, 0.3) is 0 Å². The molecule has 0 aliphatic rings. The van der Waals surface area contributed by atoms with E-state index < -0.39 is 0 Å². The van der Waals surface area contributed by atoms with Crippen LogP contribution in [0.25, 0.3) is 5.69 Å². The minimum atomic E-state index is 0.621. The number of rotatable bonds is 1. The molecule has 0 aliphatic carbocycles. The number of hydrogen-bond donors (Lipinski definition) is 2. The highest BCUT2D eigenvalue weighted by Gasteiger charge is 2.06. The van der Waals surface area contributed by atoms with Crippen molar-refractivity contribution in [3.63, 3.8) is 0 Å². The second kappa shape index (κ2) is 3.79. The lowest BCUT2D eigenvalue weighted by Crippen LogP contribution is -1.95. The number of aryl methyl sites for hydroxylation is 1. The molecule has 1 aromatic carbocycles. The van der Waals surface area contributed by atoms with Crippen LogP contribution in [-0.2, 0) is 0 Å². The van der Waals surface area contributed by atoms with E-state index in [1.165, 1.54) is 0 Å². The van der Waals surface area contributed by atoms with E-state index in [0.717, 1.165) is 16.3 Å². The fourth-order valence-electron chi connectivity index (χ4n) is 1.27. The van der Waals surface area contributed by atoms with Crippen LogP contribution in [0.2, 0.25) is 5.02 Å². The third-order valence-electron chi connectivity index (χ3n) is 2.11. The number of nitrogen functional groups attached to an aromatic ring is 1. The lowest BCUT2D eigenvalue weighted by atomic mass is 10.3. The SMILES string of the molecule is Cc1nn(-c2cc(S)ccc2Cl)cc1N. The molecule has 15 heavy (non-hydrogen) atoms. The second-order valence-electron chi connectivity index (χ2n) is 3.25. The van der Waals surface area contributed by atoms with Gasteiger partial charge in [0.1, 0.15) is 0 Å². The summed E-state index contributed by atoms with van der Waals surface area (Å²) in [5.41, 5.74) is 7.94. The van der Waals surface area contributed by atoms with Crippen LogP contribution >= 0.6 is 24.2 Å². The molecule has 0 fully saturated rings. The summed E-state index contributed by atoms with van der Waals surface area (Å²) >= 11 is 10.3. The molecule has 0 radical (unpaired) electrons. The first-order valence-electron chi connectivity index (χ1n) is 4.38. The van der Waals surface area contributed by atoms with Gasteiger partial charge >= 0.3 is 0 Å². The molecule has 1 heterocycles. The van der Waals surface area contributed by atoms with Gasteiger partial charge in [0, 0.05) is 4.90 Å². The van der Waals surface area contributed by atoms with Crippen molar-refractivity contribution in [2.75, 3.05) is 5.73 Å². The third-order valence-corrected chi connectivity index (χ3v) is 2.71. The van der Waals surface area contributed by atoms with Gasteiger partial charge in [-0.2, -0.15) is 5.10 Å². The average Bonchev–Trinajstić information content (AvgIpc) is 2.51. The van der Waals surface area contributed by atoms with E-state index in [1.807, 2.05) is 19.1 Å². The number of halogens is 1. The van der Waals surface area contributed by atoms with Crippen molar-refractivity contribution >= 4 is 29.9 Å². The molecule has 0 unspecified atom stereocenters. The molecule has 0 amide bonds. The van der Waals surface area contributed by atoms with Gasteiger partial charge in [-0.25, -0.2) is 4.68 Å². The standard InChI is InChI=1S/C10H10ClN3S/c1-6-9(12)5-14(13-6)10-4-7(15)2-3-8(10)11/h2-5,15H,12H2,1H3. The van der Waals surface area contributed by atoms with E-state index in [9.17, 15) is 0 Å². The number of hydrogen-bond acceptors (Lipinski definition) is 3. The molecule has 0 aliphatic heterocycles. The zero-order valence-electron chi connectivity index (χ0n) is 8.11. The first kappa shape index (κ1) is 10.4. The van der Waals surface area contributed by atoms with Crippen molar-refractivity contribution in [3.05, 3.63) is 35.1 Å². The summed E-state index contributed by atoms with van der Waals surface area (Å²) in [5, 5.41) is 4.88. The smallest absolute Gasteiger partial charge is 0.0843 e. The largest absolute Gasteiger partial charge is 0.396 e. The third kappa shape index (κ3) is 1.96. The highest BCUT2D eigenvalue weighted by atomic mass is 35.5. The van der Waals surface area contributed by atoms with Crippen LogP contribution in [0.4, 0.5) is 5.69 Å². The Morgan fingerprint density at radius 3 is 2.80 bits per heavy atom. The van der Waals surface area contributed by atoms with Crippen LogP contribution in [0, 0.1) is 6.92 Å². The van der Waals surface area contributed by atoms with Crippen LogP contribution in [0.1, 0.15) is 5.69 Å². The van der Waals surface area contributed by atoms with Gasteiger partial charge in [-0.1, -0.05) is 11.6 Å². The van der Waals surface area contributed by atoms with E-state index in [1.54, 1.807) is 16.9 Å². The number of thiol groups is 1. The van der Waals surface area contributed by atoms with Crippen molar-refractivity contribution in [3.8, 4) is 5.69 Å². The maximum absolute atomic E-state index is 6.06. The fourth-order valence-corrected chi connectivity index (χ4v) is 1.67. The number of anilines is 1. The first-order valence-corrected chi connectivity index (χ1v) is 5.21. The van der Waals surface area contributed by atoms with Gasteiger partial charge in [-0.3, -0.25) is 0 Å². The molecule has 0 saturated heterocycles. The Morgan fingerprint density at radius 2 is 2.20 bits per heavy atom. The number of nitrogens with two attached hydrogens (primary N) is 1. The summed E-state index contributed by atoms with van der Waals surface area (Å²) in [7, 11) is 0. The van der Waals surface area contributed by atoms with Crippen molar-refractivity contribution in [1.82, 2.24) is 9.78 Å². The molecule has 0 bridgehead atoms. The van der Waals surface area contributed by atoms with Gasteiger partial charge in [0.2, 0.25) is 0 Å². The number of nitrogens with zero attached hydrogens (tertiary/aromatic N) is 2. The fraction of sp³-hybridized carbons (Fsp3) is 0.100. The molecule has 1 aromatic heterocycles. The van der Waals surface area contributed by atoms with Crippen molar-refractivity contribution in [2.45, 2.75) is 11.8 Å². The topological polar surface area (TPSA) is 43.8 Å². The van der Waals surface area contributed by atoms with Gasteiger partial charge < -0.3 is 5.73 Å². The Labute approximate surface area is 98.3 Å². The Morgan fingerprint density at radius 1 is 1.47 bits per heavy atom. The molecular formula is C10H10ClN3S. The zero-order chi connectivity index (χ0) is 11.0. The predicted molar refractivity (Wildman–Crippen MR) is 65.0 cm³/mol. The summed E-state index contributed by atoms with van der Waals surface area (Å²) in [4.78, 5) is 0.834. The molecule has 0 saturated carbocycles. The van der Waals surface area contributed by atoms with E-state index in [4.69, 9.17) is 17.3 Å². The van der Waals surface area contributed by atoms with Crippen LogP contribution in [0.15, 0.2) is 29.3 Å². The number of benzene rings is 1. The molecule has 2 aromatic rings. The highest BCUT2D eigenvalue weighted by molar-refractivity contribution is 7.80. The summed E-state index contributed by atoms with van der Waals surface area (Å²) in [5.74, 6) is 0. The van der Waals surface area contributed by atoms with E-state index >= 15 is 0 Å². The molecule has 3 nitrogen and oxygen atoms in total. The molecular weight excluding hydrogens is 230 g/mol. The zero-order valence-corrected chi connectivity index (χ0v) is 9.76. The predicted octanol–water partition coefficient (Wildman–Crippen LogP) is 2.71.